The van der Waals surface area contributed by atoms with Gasteiger partial charge < -0.3 is 5.32 Å². The summed E-state index contributed by atoms with van der Waals surface area (Å²) in [6.45, 7) is 0. The Morgan fingerprint density at radius 1 is 1.19 bits per heavy atom. The maximum atomic E-state index is 12.6. The van der Waals surface area contributed by atoms with Gasteiger partial charge in [0.05, 0.1) is 21.5 Å². The Kier molecular flexibility index (Phi) is 4.95. The molecule has 2 N–H and O–H groups in total. The van der Waals surface area contributed by atoms with Crippen molar-refractivity contribution in [3.8, 4) is 0 Å². The monoisotopic (exact) mass is 476 g/mol. The van der Waals surface area contributed by atoms with E-state index in [2.05, 4.69) is 15.0 Å². The fourth-order valence-corrected chi connectivity index (χ4v) is 6.47. The standard InChI is InChI=1S/C21H21ClN4O3S2/c1-31(28,29)26-18-6-12(4-5-23-18)19(27)24-15-10-21(11-15)8-13(9-21)20-25-16-7-14(22)2-3-17(16)30-20/h2-7,13,15H,8-11H2,1H3,(H,23,26)(H,24,27). The highest BCUT2D eigenvalue weighted by molar-refractivity contribution is 7.92. The third-order valence-corrected chi connectivity index (χ3v) is 8.09. The quantitative estimate of drug-likeness (QED) is 0.575. The number of aromatic nitrogens is 2. The van der Waals surface area contributed by atoms with Gasteiger partial charge in [-0.25, -0.2) is 18.4 Å². The summed E-state index contributed by atoms with van der Waals surface area (Å²) in [6.07, 6.45) is 6.60. The molecule has 0 radical (unpaired) electrons. The summed E-state index contributed by atoms with van der Waals surface area (Å²) >= 11 is 7.81. The molecule has 7 nitrogen and oxygen atoms in total. The Labute approximate surface area is 189 Å². The first-order valence-electron chi connectivity index (χ1n) is 9.99. The van der Waals surface area contributed by atoms with E-state index in [4.69, 9.17) is 16.6 Å². The van der Waals surface area contributed by atoms with Gasteiger partial charge in [0.2, 0.25) is 10.0 Å². The third kappa shape index (κ3) is 4.26. The lowest BCUT2D eigenvalue weighted by Crippen LogP contribution is -2.55. The van der Waals surface area contributed by atoms with Gasteiger partial charge >= 0.3 is 0 Å². The summed E-state index contributed by atoms with van der Waals surface area (Å²) in [4.78, 5) is 21.3. The van der Waals surface area contributed by atoms with Crippen molar-refractivity contribution in [2.24, 2.45) is 5.41 Å². The number of hydrogen-bond acceptors (Lipinski definition) is 6. The van der Waals surface area contributed by atoms with Crippen molar-refractivity contribution in [1.82, 2.24) is 15.3 Å². The van der Waals surface area contributed by atoms with Crippen molar-refractivity contribution in [1.29, 1.82) is 0 Å². The van der Waals surface area contributed by atoms with Crippen LogP contribution in [0.2, 0.25) is 5.02 Å². The maximum Gasteiger partial charge on any atom is 0.251 e. The number of nitrogens with zero attached hydrogens (tertiary/aromatic N) is 2. The second-order valence-corrected chi connectivity index (χ2v) is 11.9. The number of benzene rings is 1. The van der Waals surface area contributed by atoms with Gasteiger partial charge in [-0.1, -0.05) is 11.6 Å². The fourth-order valence-electron chi connectivity index (χ4n) is 4.76. The highest BCUT2D eigenvalue weighted by atomic mass is 35.5. The number of carbonyl (C=O) groups excluding carboxylic acids is 1. The molecule has 2 heterocycles. The number of pyridine rings is 1. The predicted octanol–water partition coefficient (Wildman–Crippen LogP) is 4.17. The zero-order valence-corrected chi connectivity index (χ0v) is 19.1. The van der Waals surface area contributed by atoms with E-state index in [9.17, 15) is 13.2 Å². The lowest BCUT2D eigenvalue weighted by molar-refractivity contribution is -0.0187. The number of fused-ring (bicyclic) bond motifs is 1. The molecule has 31 heavy (non-hydrogen) atoms. The Balaban J connectivity index is 1.16. The van der Waals surface area contributed by atoms with Crippen LogP contribution >= 0.6 is 22.9 Å². The summed E-state index contributed by atoms with van der Waals surface area (Å²) in [5, 5.41) is 4.94. The average molecular weight is 477 g/mol. The molecule has 162 valence electrons. The number of carbonyl (C=O) groups is 1. The molecule has 0 aliphatic heterocycles. The molecule has 0 unspecified atom stereocenters. The molecule has 2 aliphatic rings. The number of thiazole rings is 1. The lowest BCUT2D eigenvalue weighted by atomic mass is 9.50. The van der Waals surface area contributed by atoms with E-state index in [1.54, 1.807) is 17.4 Å². The number of nitrogens with one attached hydrogen (secondary N) is 2. The van der Waals surface area contributed by atoms with E-state index in [0.717, 1.165) is 37.5 Å². The number of rotatable bonds is 5. The number of anilines is 1. The van der Waals surface area contributed by atoms with Crippen LogP contribution < -0.4 is 10.0 Å². The zero-order chi connectivity index (χ0) is 21.8. The highest BCUT2D eigenvalue weighted by Gasteiger charge is 2.54. The molecule has 1 amide bonds. The van der Waals surface area contributed by atoms with E-state index in [0.29, 0.717) is 21.9 Å². The molecule has 5 rings (SSSR count). The van der Waals surface area contributed by atoms with Crippen molar-refractivity contribution in [3.05, 3.63) is 52.1 Å². The zero-order valence-electron chi connectivity index (χ0n) is 16.8. The van der Waals surface area contributed by atoms with Gasteiger partial charge in [-0.2, -0.15) is 0 Å². The summed E-state index contributed by atoms with van der Waals surface area (Å²) in [7, 11) is -3.44. The molecule has 3 aromatic rings. The molecule has 2 aliphatic carbocycles. The third-order valence-electron chi connectivity index (χ3n) is 6.08. The average Bonchev–Trinajstić information content (AvgIpc) is 3.03. The molecule has 0 bridgehead atoms. The maximum absolute atomic E-state index is 12.6. The molecule has 10 heteroatoms. The second-order valence-electron chi connectivity index (χ2n) is 8.65. The molecule has 0 atom stereocenters. The number of amides is 1. The van der Waals surface area contributed by atoms with Gasteiger partial charge in [0.25, 0.3) is 5.91 Å². The first kappa shape index (κ1) is 20.7. The molecule has 1 spiro atoms. The predicted molar refractivity (Wildman–Crippen MR) is 122 cm³/mol. The first-order chi connectivity index (χ1) is 14.7. The normalized spacial score (nSPS) is 25.1. The van der Waals surface area contributed by atoms with Crippen LogP contribution in [0.5, 0.6) is 0 Å². The van der Waals surface area contributed by atoms with Crippen molar-refractivity contribution >= 4 is 54.9 Å². The Morgan fingerprint density at radius 2 is 1.97 bits per heavy atom. The minimum atomic E-state index is -3.44. The van der Waals surface area contributed by atoms with Crippen LogP contribution in [0.1, 0.15) is 47.0 Å². The van der Waals surface area contributed by atoms with Crippen LogP contribution in [-0.2, 0) is 10.0 Å². The summed E-state index contributed by atoms with van der Waals surface area (Å²) in [6, 6.07) is 9.01. The summed E-state index contributed by atoms with van der Waals surface area (Å²) in [5.74, 6) is 0.412. The van der Waals surface area contributed by atoms with Crippen LogP contribution in [0.3, 0.4) is 0 Å². The van der Waals surface area contributed by atoms with Gasteiger partial charge in [-0.05, 0) is 61.4 Å². The van der Waals surface area contributed by atoms with Crippen LogP contribution in [0, 0.1) is 5.41 Å². The Morgan fingerprint density at radius 3 is 2.71 bits per heavy atom. The molecular formula is C21H21ClN4O3S2. The Hall–Kier alpha value is -2.23. The molecule has 2 aromatic heterocycles. The van der Waals surface area contributed by atoms with E-state index in [1.165, 1.54) is 22.0 Å². The van der Waals surface area contributed by atoms with E-state index in [-0.39, 0.29) is 17.8 Å². The minimum absolute atomic E-state index is 0.138. The van der Waals surface area contributed by atoms with Crippen LogP contribution in [-0.4, -0.2) is 36.6 Å². The van der Waals surface area contributed by atoms with Crippen molar-refractivity contribution < 1.29 is 13.2 Å². The van der Waals surface area contributed by atoms with E-state index in [1.807, 2.05) is 18.2 Å². The molecular weight excluding hydrogens is 456 g/mol. The summed E-state index contributed by atoms with van der Waals surface area (Å²) in [5.41, 5.74) is 1.66. The SMILES string of the molecule is CS(=O)(=O)Nc1cc(C(=O)NC2CC3(C2)CC(c2nc4cc(Cl)ccc4s2)C3)ccn1. The first-order valence-corrected chi connectivity index (χ1v) is 13.1. The number of sulfonamides is 1. The van der Waals surface area contributed by atoms with Gasteiger partial charge in [0, 0.05) is 28.7 Å². The van der Waals surface area contributed by atoms with Crippen LogP contribution in [0.4, 0.5) is 5.82 Å². The highest BCUT2D eigenvalue weighted by Crippen LogP contribution is 2.62. The second kappa shape index (κ2) is 7.43. The molecule has 2 fully saturated rings. The molecule has 2 saturated carbocycles. The fraction of sp³-hybridized carbons (Fsp3) is 0.381. The van der Waals surface area contributed by atoms with Crippen LogP contribution in [0.25, 0.3) is 10.2 Å². The van der Waals surface area contributed by atoms with Crippen molar-refractivity contribution in [2.75, 3.05) is 11.0 Å². The van der Waals surface area contributed by atoms with Gasteiger partial charge in [0.1, 0.15) is 5.82 Å². The minimum Gasteiger partial charge on any atom is -0.349 e. The largest absolute Gasteiger partial charge is 0.349 e. The number of halogens is 1. The number of hydrogen-bond donors (Lipinski definition) is 2. The van der Waals surface area contributed by atoms with E-state index < -0.39 is 10.0 Å². The lowest BCUT2D eigenvalue weighted by Gasteiger charge is -2.57. The van der Waals surface area contributed by atoms with Crippen LogP contribution in [0.15, 0.2) is 36.5 Å². The van der Waals surface area contributed by atoms with Gasteiger partial charge in [-0.3, -0.25) is 9.52 Å². The molecule has 1 aromatic carbocycles. The Bertz CT molecular complexity index is 1280. The van der Waals surface area contributed by atoms with E-state index >= 15 is 0 Å². The van der Waals surface area contributed by atoms with Crippen molar-refractivity contribution in [2.45, 2.75) is 37.6 Å². The van der Waals surface area contributed by atoms with Crippen molar-refractivity contribution in [3.63, 3.8) is 0 Å². The van der Waals surface area contributed by atoms with Gasteiger partial charge in [-0.15, -0.1) is 11.3 Å². The molecule has 0 saturated heterocycles. The van der Waals surface area contributed by atoms with Gasteiger partial charge in [0.15, 0.2) is 0 Å². The summed E-state index contributed by atoms with van der Waals surface area (Å²) < 4.78 is 26.2. The topological polar surface area (TPSA) is 101 Å². The smallest absolute Gasteiger partial charge is 0.251 e.